The average Bonchev–Trinajstić information content (AvgIpc) is 2.43. The molecular formula is C15H33NO4. The molecule has 0 aliphatic heterocycles. The van der Waals surface area contributed by atoms with E-state index in [-0.39, 0.29) is 0 Å². The molecule has 0 radical (unpaired) electrons. The van der Waals surface area contributed by atoms with Crippen molar-refractivity contribution in [3.63, 3.8) is 0 Å². The molecular weight excluding hydrogens is 258 g/mol. The van der Waals surface area contributed by atoms with Crippen molar-refractivity contribution in [2.75, 3.05) is 59.3 Å². The minimum Gasteiger partial charge on any atom is -0.379 e. The van der Waals surface area contributed by atoms with Crippen molar-refractivity contribution < 1.29 is 18.9 Å². The fourth-order valence-electron chi connectivity index (χ4n) is 1.42. The molecule has 0 unspecified atom stereocenters. The van der Waals surface area contributed by atoms with Crippen molar-refractivity contribution in [1.82, 2.24) is 5.32 Å². The molecule has 0 bridgehead atoms. The van der Waals surface area contributed by atoms with Gasteiger partial charge in [-0.1, -0.05) is 13.3 Å². The van der Waals surface area contributed by atoms with Crippen LogP contribution in [0.3, 0.4) is 0 Å². The van der Waals surface area contributed by atoms with Crippen LogP contribution < -0.4 is 5.32 Å². The van der Waals surface area contributed by atoms with Crippen LogP contribution in [-0.4, -0.2) is 65.4 Å². The highest BCUT2D eigenvalue weighted by molar-refractivity contribution is 4.46. The second-order valence-corrected chi connectivity index (χ2v) is 4.86. The van der Waals surface area contributed by atoms with Crippen LogP contribution >= 0.6 is 0 Å². The summed E-state index contributed by atoms with van der Waals surface area (Å²) in [5.41, 5.74) is 0. The van der Waals surface area contributed by atoms with Crippen LogP contribution in [-0.2, 0) is 18.9 Å². The molecule has 1 N–H and O–H groups in total. The molecule has 0 fully saturated rings. The summed E-state index contributed by atoms with van der Waals surface area (Å²) in [6.45, 7) is 12.8. The third-order valence-corrected chi connectivity index (χ3v) is 2.54. The van der Waals surface area contributed by atoms with Crippen LogP contribution in [0.4, 0.5) is 0 Å². The smallest absolute Gasteiger partial charge is 0.0701 e. The second-order valence-electron chi connectivity index (χ2n) is 4.86. The molecule has 0 heterocycles. The van der Waals surface area contributed by atoms with Gasteiger partial charge in [0.1, 0.15) is 0 Å². The third kappa shape index (κ3) is 17.8. The van der Waals surface area contributed by atoms with Gasteiger partial charge in [-0.15, -0.1) is 0 Å². The van der Waals surface area contributed by atoms with Gasteiger partial charge in [0.2, 0.25) is 0 Å². The molecule has 0 aliphatic carbocycles. The lowest BCUT2D eigenvalue weighted by Gasteiger charge is -2.09. The van der Waals surface area contributed by atoms with Gasteiger partial charge in [-0.05, 0) is 20.3 Å². The van der Waals surface area contributed by atoms with Gasteiger partial charge in [0.05, 0.1) is 45.7 Å². The summed E-state index contributed by atoms with van der Waals surface area (Å²) in [7, 11) is 0. The largest absolute Gasteiger partial charge is 0.379 e. The van der Waals surface area contributed by atoms with E-state index in [4.69, 9.17) is 18.9 Å². The van der Waals surface area contributed by atoms with Crippen molar-refractivity contribution in [3.05, 3.63) is 0 Å². The fraction of sp³-hybridized carbons (Fsp3) is 1.00. The van der Waals surface area contributed by atoms with Crippen LogP contribution in [0.25, 0.3) is 0 Å². The quantitative estimate of drug-likeness (QED) is 0.440. The Morgan fingerprint density at radius 3 is 1.90 bits per heavy atom. The predicted octanol–water partition coefficient (Wildman–Crippen LogP) is 1.85. The Balaban J connectivity index is 2.92. The van der Waals surface area contributed by atoms with Gasteiger partial charge in [0.25, 0.3) is 0 Å². The van der Waals surface area contributed by atoms with Gasteiger partial charge in [0.15, 0.2) is 0 Å². The van der Waals surface area contributed by atoms with E-state index in [1.807, 2.05) is 13.8 Å². The summed E-state index contributed by atoms with van der Waals surface area (Å²) in [4.78, 5) is 0. The Morgan fingerprint density at radius 2 is 1.30 bits per heavy atom. The van der Waals surface area contributed by atoms with E-state index in [9.17, 15) is 0 Å². The molecule has 0 aromatic carbocycles. The summed E-state index contributed by atoms with van der Waals surface area (Å²) in [5.74, 6) is 0. The van der Waals surface area contributed by atoms with E-state index in [0.29, 0.717) is 39.1 Å². The Kier molecular flexibility index (Phi) is 16.7. The first-order valence-corrected chi connectivity index (χ1v) is 7.83. The Hall–Kier alpha value is -0.200. The van der Waals surface area contributed by atoms with Crippen molar-refractivity contribution in [2.24, 2.45) is 0 Å². The molecule has 0 atom stereocenters. The molecule has 0 aliphatic rings. The van der Waals surface area contributed by atoms with Gasteiger partial charge in [-0.3, -0.25) is 0 Å². The lowest BCUT2D eigenvalue weighted by molar-refractivity contribution is 0.0143. The summed E-state index contributed by atoms with van der Waals surface area (Å²) < 4.78 is 21.6. The Labute approximate surface area is 124 Å². The van der Waals surface area contributed by atoms with E-state index < -0.39 is 0 Å². The summed E-state index contributed by atoms with van der Waals surface area (Å²) >= 11 is 0. The number of hydrogen-bond donors (Lipinski definition) is 1. The second kappa shape index (κ2) is 16.9. The van der Waals surface area contributed by atoms with Gasteiger partial charge in [0, 0.05) is 19.7 Å². The summed E-state index contributed by atoms with van der Waals surface area (Å²) in [5, 5.41) is 3.26. The van der Waals surface area contributed by atoms with E-state index in [1.54, 1.807) is 0 Å². The zero-order valence-electron chi connectivity index (χ0n) is 13.5. The molecule has 0 saturated heterocycles. The van der Waals surface area contributed by atoms with Gasteiger partial charge in [-0.2, -0.15) is 0 Å². The van der Waals surface area contributed by atoms with Crippen molar-refractivity contribution >= 4 is 0 Å². The van der Waals surface area contributed by atoms with Crippen molar-refractivity contribution in [2.45, 2.75) is 39.7 Å². The zero-order valence-corrected chi connectivity index (χ0v) is 13.5. The summed E-state index contributed by atoms with van der Waals surface area (Å²) in [6.07, 6.45) is 2.60. The predicted molar refractivity (Wildman–Crippen MR) is 81.3 cm³/mol. The van der Waals surface area contributed by atoms with E-state index >= 15 is 0 Å². The summed E-state index contributed by atoms with van der Waals surface area (Å²) in [6, 6.07) is 0. The Morgan fingerprint density at radius 1 is 0.750 bits per heavy atom. The number of hydrogen-bond acceptors (Lipinski definition) is 5. The highest BCUT2D eigenvalue weighted by Gasteiger charge is 1.94. The maximum absolute atomic E-state index is 5.44. The third-order valence-electron chi connectivity index (χ3n) is 2.54. The molecule has 0 amide bonds. The molecule has 0 aromatic rings. The van der Waals surface area contributed by atoms with Crippen molar-refractivity contribution in [1.29, 1.82) is 0 Å². The molecule has 5 nitrogen and oxygen atoms in total. The maximum atomic E-state index is 5.44. The first-order valence-electron chi connectivity index (χ1n) is 7.83. The van der Waals surface area contributed by atoms with Gasteiger partial charge in [-0.25, -0.2) is 0 Å². The van der Waals surface area contributed by atoms with Crippen LogP contribution in [0, 0.1) is 0 Å². The lowest BCUT2D eigenvalue weighted by atomic mass is 10.4. The minimum absolute atomic E-state index is 0.302. The van der Waals surface area contributed by atoms with Gasteiger partial charge < -0.3 is 24.3 Å². The molecule has 20 heavy (non-hydrogen) atoms. The normalized spacial score (nSPS) is 11.4. The molecule has 0 saturated carbocycles. The maximum Gasteiger partial charge on any atom is 0.0701 e. The average molecular weight is 291 g/mol. The van der Waals surface area contributed by atoms with E-state index in [2.05, 4.69) is 12.2 Å². The van der Waals surface area contributed by atoms with E-state index in [0.717, 1.165) is 32.7 Å². The Bertz CT molecular complexity index is 179. The zero-order chi connectivity index (χ0) is 14.9. The highest BCUT2D eigenvalue weighted by atomic mass is 16.5. The van der Waals surface area contributed by atoms with E-state index in [1.165, 1.54) is 6.42 Å². The first kappa shape index (κ1) is 19.8. The van der Waals surface area contributed by atoms with Crippen LogP contribution in [0.2, 0.25) is 0 Å². The monoisotopic (exact) mass is 291 g/mol. The van der Waals surface area contributed by atoms with Crippen molar-refractivity contribution in [3.8, 4) is 0 Å². The molecule has 0 spiro atoms. The molecule has 0 rings (SSSR count). The lowest BCUT2D eigenvalue weighted by Crippen LogP contribution is -2.25. The van der Waals surface area contributed by atoms with Crippen LogP contribution in [0.1, 0.15) is 33.6 Å². The highest BCUT2D eigenvalue weighted by Crippen LogP contribution is 1.88. The number of unbranched alkanes of at least 4 members (excludes halogenated alkanes) is 1. The number of nitrogens with one attached hydrogen (secondary N) is 1. The number of rotatable bonds is 16. The first-order chi connectivity index (χ1) is 9.77. The van der Waals surface area contributed by atoms with Crippen LogP contribution in [0.5, 0.6) is 0 Å². The topological polar surface area (TPSA) is 49.0 Å². The number of ether oxygens (including phenoxy) is 4. The fourth-order valence-corrected chi connectivity index (χ4v) is 1.42. The molecule has 0 aromatic heterocycles. The molecule has 5 heteroatoms. The van der Waals surface area contributed by atoms with Gasteiger partial charge >= 0.3 is 0 Å². The standard InChI is InChI=1S/C15H33NO4/c1-4-5-8-17-11-13-19-14-12-18-9-6-16-7-10-20-15(2)3/h15-16H,4-14H2,1-3H3. The molecule has 122 valence electrons. The van der Waals surface area contributed by atoms with Crippen LogP contribution in [0.15, 0.2) is 0 Å². The SMILES string of the molecule is CCCCOCCOCCOCCNCCOC(C)C. The minimum atomic E-state index is 0.302.